The van der Waals surface area contributed by atoms with E-state index >= 15 is 0 Å². The lowest BCUT2D eigenvalue weighted by atomic mass is 9.94. The van der Waals surface area contributed by atoms with Crippen molar-refractivity contribution < 1.29 is 9.53 Å². The molecule has 0 radical (unpaired) electrons. The number of carbonyl (C=O) groups is 1. The van der Waals surface area contributed by atoms with Gasteiger partial charge in [-0.05, 0) is 31.5 Å². The standard InChI is InChI=1S/C17H20BrN5O2S/c1-4-7-26-17-21-16-20-9(2)13(15(19)24)14(23(16)22-17)11-8-10(18)5-6-12(11)25-3/h5-6,8,14H,4,7H2,1-3H3,(H2,19,24)(H,20,21,22). The summed E-state index contributed by atoms with van der Waals surface area (Å²) in [5, 5.41) is 8.41. The van der Waals surface area contributed by atoms with E-state index in [0.717, 1.165) is 22.2 Å². The number of ether oxygens (including phenoxy) is 1. The van der Waals surface area contributed by atoms with Gasteiger partial charge in [-0.25, -0.2) is 4.68 Å². The summed E-state index contributed by atoms with van der Waals surface area (Å²) in [5.74, 6) is 1.64. The van der Waals surface area contributed by atoms with Crippen molar-refractivity contribution in [2.45, 2.75) is 31.5 Å². The Morgan fingerprint density at radius 1 is 1.50 bits per heavy atom. The van der Waals surface area contributed by atoms with Crippen molar-refractivity contribution in [1.82, 2.24) is 14.8 Å². The Kier molecular flexibility index (Phi) is 5.57. The number of halogens is 1. The second kappa shape index (κ2) is 7.71. The van der Waals surface area contributed by atoms with Crippen LogP contribution >= 0.6 is 27.7 Å². The Balaban J connectivity index is 2.18. The van der Waals surface area contributed by atoms with Crippen molar-refractivity contribution in [2.75, 3.05) is 18.2 Å². The number of amides is 1. The molecule has 0 fully saturated rings. The fraction of sp³-hybridized carbons (Fsp3) is 0.353. The molecule has 9 heteroatoms. The van der Waals surface area contributed by atoms with Crippen LogP contribution in [0.5, 0.6) is 5.75 Å². The Morgan fingerprint density at radius 2 is 2.27 bits per heavy atom. The van der Waals surface area contributed by atoms with Crippen LogP contribution in [0.15, 0.2) is 39.1 Å². The molecule has 1 aromatic heterocycles. The highest BCUT2D eigenvalue weighted by Gasteiger charge is 2.35. The summed E-state index contributed by atoms with van der Waals surface area (Å²) in [6, 6.07) is 5.13. The quantitative estimate of drug-likeness (QED) is 0.672. The zero-order chi connectivity index (χ0) is 18.8. The van der Waals surface area contributed by atoms with Gasteiger partial charge in [-0.3, -0.25) is 4.79 Å². The van der Waals surface area contributed by atoms with Crippen LogP contribution in [0.3, 0.4) is 0 Å². The van der Waals surface area contributed by atoms with E-state index in [9.17, 15) is 4.79 Å². The maximum atomic E-state index is 12.2. The Labute approximate surface area is 164 Å². The molecule has 26 heavy (non-hydrogen) atoms. The monoisotopic (exact) mass is 437 g/mol. The van der Waals surface area contributed by atoms with Crippen molar-refractivity contribution in [2.24, 2.45) is 5.73 Å². The summed E-state index contributed by atoms with van der Waals surface area (Å²) < 4.78 is 8.10. The number of fused-ring (bicyclic) bond motifs is 1. The van der Waals surface area contributed by atoms with Crippen molar-refractivity contribution in [3.8, 4) is 5.75 Å². The van der Waals surface area contributed by atoms with E-state index in [-0.39, 0.29) is 0 Å². The van der Waals surface area contributed by atoms with Crippen LogP contribution in [-0.4, -0.2) is 33.5 Å². The van der Waals surface area contributed by atoms with Crippen molar-refractivity contribution >= 4 is 39.5 Å². The first-order chi connectivity index (χ1) is 12.5. The maximum absolute atomic E-state index is 12.2. The zero-order valence-corrected chi connectivity index (χ0v) is 17.1. The average Bonchev–Trinajstić information content (AvgIpc) is 3.00. The topological polar surface area (TPSA) is 95.1 Å². The molecule has 1 aliphatic rings. The summed E-state index contributed by atoms with van der Waals surface area (Å²) in [7, 11) is 1.60. The van der Waals surface area contributed by atoms with Crippen molar-refractivity contribution in [1.29, 1.82) is 0 Å². The Hall–Kier alpha value is -2.00. The number of allylic oxidation sites excluding steroid dienone is 1. The summed E-state index contributed by atoms with van der Waals surface area (Å²) in [6.45, 7) is 3.92. The molecule has 0 aliphatic carbocycles. The highest BCUT2D eigenvalue weighted by Crippen LogP contribution is 2.40. The number of rotatable bonds is 6. The smallest absolute Gasteiger partial charge is 0.248 e. The molecular formula is C17H20BrN5O2S. The fourth-order valence-electron chi connectivity index (χ4n) is 2.91. The summed E-state index contributed by atoms with van der Waals surface area (Å²) in [6.07, 6.45) is 1.02. The van der Waals surface area contributed by atoms with Crippen LogP contribution in [0, 0.1) is 0 Å². The highest BCUT2D eigenvalue weighted by molar-refractivity contribution is 9.10. The van der Waals surface area contributed by atoms with E-state index in [1.807, 2.05) is 25.1 Å². The predicted octanol–water partition coefficient (Wildman–Crippen LogP) is 3.33. The first-order valence-electron chi connectivity index (χ1n) is 8.16. The van der Waals surface area contributed by atoms with Gasteiger partial charge < -0.3 is 15.8 Å². The molecule has 1 aliphatic heterocycles. The lowest BCUT2D eigenvalue weighted by Crippen LogP contribution is -2.32. The summed E-state index contributed by atoms with van der Waals surface area (Å²) in [4.78, 5) is 16.8. The van der Waals surface area contributed by atoms with Crippen LogP contribution in [0.25, 0.3) is 0 Å². The minimum Gasteiger partial charge on any atom is -0.496 e. The number of primary amides is 1. The van der Waals surface area contributed by atoms with E-state index in [2.05, 4.69) is 38.3 Å². The van der Waals surface area contributed by atoms with E-state index in [4.69, 9.17) is 10.5 Å². The molecule has 0 spiro atoms. The lowest BCUT2D eigenvalue weighted by molar-refractivity contribution is -0.115. The number of nitrogens with one attached hydrogen (secondary N) is 1. The van der Waals surface area contributed by atoms with Gasteiger partial charge in [0.1, 0.15) is 11.8 Å². The first kappa shape index (κ1) is 18.8. The van der Waals surface area contributed by atoms with E-state index in [1.165, 1.54) is 0 Å². The molecule has 1 unspecified atom stereocenters. The molecule has 3 N–H and O–H groups in total. The normalized spacial score (nSPS) is 16.2. The Morgan fingerprint density at radius 3 is 2.92 bits per heavy atom. The number of anilines is 1. The minimum absolute atomic E-state index is 0.436. The highest BCUT2D eigenvalue weighted by atomic mass is 79.9. The van der Waals surface area contributed by atoms with Crippen molar-refractivity contribution in [3.05, 3.63) is 39.5 Å². The van der Waals surface area contributed by atoms with Gasteiger partial charge in [-0.1, -0.05) is 34.6 Å². The second-order valence-corrected chi connectivity index (χ2v) is 7.81. The third kappa shape index (κ3) is 3.45. The van der Waals surface area contributed by atoms with Gasteiger partial charge in [0, 0.05) is 21.5 Å². The van der Waals surface area contributed by atoms with E-state index < -0.39 is 11.9 Å². The molecule has 3 rings (SSSR count). The Bertz CT molecular complexity index is 880. The summed E-state index contributed by atoms with van der Waals surface area (Å²) in [5.41, 5.74) is 7.59. The lowest BCUT2D eigenvalue weighted by Gasteiger charge is -2.28. The van der Waals surface area contributed by atoms with Crippen LogP contribution in [0.4, 0.5) is 5.95 Å². The third-order valence-corrected chi connectivity index (χ3v) is 5.56. The second-order valence-electron chi connectivity index (χ2n) is 5.83. The molecular weight excluding hydrogens is 418 g/mol. The molecule has 0 saturated carbocycles. The van der Waals surface area contributed by atoms with Crippen LogP contribution in [0.1, 0.15) is 31.9 Å². The predicted molar refractivity (Wildman–Crippen MR) is 105 cm³/mol. The van der Waals surface area contributed by atoms with Gasteiger partial charge in [0.2, 0.25) is 17.0 Å². The van der Waals surface area contributed by atoms with Crippen molar-refractivity contribution in [3.63, 3.8) is 0 Å². The van der Waals surface area contributed by atoms with Crippen LogP contribution in [0.2, 0.25) is 0 Å². The number of benzene rings is 1. The fourth-order valence-corrected chi connectivity index (χ4v) is 3.97. The number of nitrogens with zero attached hydrogens (tertiary/aromatic N) is 3. The SMILES string of the molecule is CCCSc1nc2n(n1)C(c1cc(Br)ccc1OC)C(C(N)=O)=C(C)N2. The van der Waals surface area contributed by atoms with E-state index in [1.54, 1.807) is 23.6 Å². The molecule has 7 nitrogen and oxygen atoms in total. The van der Waals surface area contributed by atoms with Gasteiger partial charge in [0.15, 0.2) is 0 Å². The van der Waals surface area contributed by atoms with Gasteiger partial charge >= 0.3 is 0 Å². The van der Waals surface area contributed by atoms with Gasteiger partial charge in [0.05, 0.1) is 12.7 Å². The molecule has 1 atom stereocenters. The van der Waals surface area contributed by atoms with Crippen LogP contribution < -0.4 is 15.8 Å². The van der Waals surface area contributed by atoms with Gasteiger partial charge in [-0.2, -0.15) is 4.98 Å². The number of thioether (sulfide) groups is 1. The number of aromatic nitrogens is 3. The van der Waals surface area contributed by atoms with Gasteiger partial charge in [-0.15, -0.1) is 5.10 Å². The van der Waals surface area contributed by atoms with Gasteiger partial charge in [0.25, 0.3) is 0 Å². The number of methoxy groups -OCH3 is 1. The van der Waals surface area contributed by atoms with Crippen LogP contribution in [-0.2, 0) is 4.79 Å². The molecule has 1 aromatic carbocycles. The number of hydrogen-bond acceptors (Lipinski definition) is 6. The number of hydrogen-bond donors (Lipinski definition) is 2. The van der Waals surface area contributed by atoms with E-state index in [0.29, 0.717) is 28.1 Å². The average molecular weight is 438 g/mol. The number of nitrogens with two attached hydrogens (primary N) is 1. The number of carbonyl (C=O) groups excluding carboxylic acids is 1. The molecule has 0 saturated heterocycles. The minimum atomic E-state index is -0.514. The zero-order valence-electron chi connectivity index (χ0n) is 14.7. The summed E-state index contributed by atoms with van der Waals surface area (Å²) >= 11 is 5.07. The molecule has 0 bridgehead atoms. The largest absolute Gasteiger partial charge is 0.496 e. The third-order valence-electron chi connectivity index (χ3n) is 4.02. The first-order valence-corrected chi connectivity index (χ1v) is 9.94. The molecule has 1 amide bonds. The molecule has 138 valence electrons. The maximum Gasteiger partial charge on any atom is 0.248 e. The molecule has 2 aromatic rings. The molecule has 2 heterocycles.